The van der Waals surface area contributed by atoms with Crippen LogP contribution >= 0.6 is 0 Å². The maximum Gasteiger partial charge on any atom is 0.330 e. The number of rotatable bonds is 5. The Hall–Kier alpha value is -1.77. The molecule has 0 saturated heterocycles. The van der Waals surface area contributed by atoms with Crippen LogP contribution in [0.1, 0.15) is 49.3 Å². The van der Waals surface area contributed by atoms with Crippen molar-refractivity contribution in [3.05, 3.63) is 34.9 Å². The molecular weight excluding hydrogens is 252 g/mol. The third-order valence-electron chi connectivity index (χ3n) is 3.63. The minimum atomic E-state index is -0.351. The van der Waals surface area contributed by atoms with Gasteiger partial charge in [0, 0.05) is 11.6 Å². The molecule has 2 rings (SSSR count). The fraction of sp³-hybridized carbons (Fsp3) is 0.471. The van der Waals surface area contributed by atoms with Crippen LogP contribution in [0.25, 0.3) is 6.08 Å². The van der Waals surface area contributed by atoms with E-state index in [1.807, 2.05) is 12.1 Å². The van der Waals surface area contributed by atoms with Gasteiger partial charge in [0.05, 0.1) is 6.61 Å². The third-order valence-corrected chi connectivity index (χ3v) is 3.63. The summed E-state index contributed by atoms with van der Waals surface area (Å²) >= 11 is 0. The maximum absolute atomic E-state index is 11.5. The van der Waals surface area contributed by atoms with Crippen molar-refractivity contribution < 1.29 is 14.6 Å². The summed E-state index contributed by atoms with van der Waals surface area (Å²) in [6, 6.07) is 3.82. The number of esters is 1. The lowest BCUT2D eigenvalue weighted by Gasteiger charge is -2.16. The molecule has 3 heteroatoms. The number of fused-ring (bicyclic) bond motifs is 1. The molecule has 0 aromatic heterocycles. The first-order valence-electron chi connectivity index (χ1n) is 7.40. The Bertz CT molecular complexity index is 503. The van der Waals surface area contributed by atoms with Crippen molar-refractivity contribution in [1.82, 2.24) is 0 Å². The van der Waals surface area contributed by atoms with Crippen molar-refractivity contribution in [1.29, 1.82) is 0 Å². The summed E-state index contributed by atoms with van der Waals surface area (Å²) in [5.41, 5.74) is 3.21. The van der Waals surface area contributed by atoms with E-state index >= 15 is 0 Å². The van der Waals surface area contributed by atoms with Crippen LogP contribution in [0, 0.1) is 0 Å². The number of aryl methyl sites for hydroxylation is 2. The average Bonchev–Trinajstić information content (AvgIpc) is 2.45. The molecule has 0 radical (unpaired) electrons. The number of unbranched alkanes of at least 4 members (excludes halogenated alkanes) is 1. The lowest BCUT2D eigenvalue weighted by atomic mass is 9.90. The van der Waals surface area contributed by atoms with Gasteiger partial charge in [-0.05, 0) is 61.4 Å². The van der Waals surface area contributed by atoms with E-state index in [1.54, 1.807) is 6.08 Å². The molecule has 0 heterocycles. The van der Waals surface area contributed by atoms with Crippen molar-refractivity contribution in [2.75, 3.05) is 6.61 Å². The molecule has 1 aliphatic carbocycles. The second-order valence-electron chi connectivity index (χ2n) is 5.24. The van der Waals surface area contributed by atoms with Crippen LogP contribution in [0.15, 0.2) is 18.2 Å². The number of aromatic hydroxyl groups is 1. The smallest absolute Gasteiger partial charge is 0.330 e. The van der Waals surface area contributed by atoms with Gasteiger partial charge in [-0.2, -0.15) is 0 Å². The number of phenolic OH excluding ortho intramolecular Hbond substituents is 1. The zero-order valence-electron chi connectivity index (χ0n) is 12.0. The number of hydrogen-bond donors (Lipinski definition) is 1. The summed E-state index contributed by atoms with van der Waals surface area (Å²) < 4.78 is 5.05. The number of benzene rings is 1. The topological polar surface area (TPSA) is 46.5 Å². The first-order chi connectivity index (χ1) is 9.70. The normalized spacial score (nSPS) is 14.2. The van der Waals surface area contributed by atoms with Crippen molar-refractivity contribution in [3.8, 4) is 5.75 Å². The highest BCUT2D eigenvalue weighted by molar-refractivity contribution is 5.87. The van der Waals surface area contributed by atoms with Crippen LogP contribution in [-0.4, -0.2) is 17.7 Å². The highest BCUT2D eigenvalue weighted by atomic mass is 16.5. The SMILES string of the molecule is CCCCOC(=O)/C=C/c1cc2c(cc1O)CCCC2. The maximum atomic E-state index is 11.5. The standard InChI is InChI=1S/C17H22O3/c1-2-3-10-20-17(19)9-8-15-11-13-6-4-5-7-14(13)12-16(15)18/h8-9,11-12,18H,2-7,10H2,1H3/b9-8+. The van der Waals surface area contributed by atoms with Crippen LogP contribution < -0.4 is 0 Å². The lowest BCUT2D eigenvalue weighted by molar-refractivity contribution is -0.137. The molecule has 3 nitrogen and oxygen atoms in total. The largest absolute Gasteiger partial charge is 0.507 e. The Kier molecular flexibility index (Phi) is 5.22. The Morgan fingerprint density at radius 2 is 2.00 bits per heavy atom. The van der Waals surface area contributed by atoms with Crippen molar-refractivity contribution in [2.24, 2.45) is 0 Å². The summed E-state index contributed by atoms with van der Waals surface area (Å²) in [7, 11) is 0. The molecule has 1 aromatic rings. The monoisotopic (exact) mass is 274 g/mol. The number of carbonyl (C=O) groups excluding carboxylic acids is 1. The van der Waals surface area contributed by atoms with E-state index in [4.69, 9.17) is 4.74 Å². The third kappa shape index (κ3) is 3.86. The molecule has 0 amide bonds. The molecule has 108 valence electrons. The first-order valence-corrected chi connectivity index (χ1v) is 7.40. The second-order valence-corrected chi connectivity index (χ2v) is 5.24. The van der Waals surface area contributed by atoms with Crippen LogP contribution in [0.4, 0.5) is 0 Å². The van der Waals surface area contributed by atoms with Crippen molar-refractivity contribution in [3.63, 3.8) is 0 Å². The Labute approximate surface area is 120 Å². The van der Waals surface area contributed by atoms with E-state index in [0.29, 0.717) is 12.2 Å². The lowest BCUT2D eigenvalue weighted by Crippen LogP contribution is -2.03. The highest BCUT2D eigenvalue weighted by Gasteiger charge is 2.12. The van der Waals surface area contributed by atoms with Gasteiger partial charge in [-0.3, -0.25) is 0 Å². The molecular formula is C17H22O3. The molecule has 1 aliphatic rings. The molecule has 0 bridgehead atoms. The fourth-order valence-electron chi connectivity index (χ4n) is 2.45. The van der Waals surface area contributed by atoms with Crippen molar-refractivity contribution >= 4 is 12.0 Å². The molecule has 0 unspecified atom stereocenters. The van der Waals surface area contributed by atoms with Gasteiger partial charge in [-0.1, -0.05) is 13.3 Å². The van der Waals surface area contributed by atoms with Gasteiger partial charge in [0.25, 0.3) is 0 Å². The molecule has 0 spiro atoms. The Morgan fingerprint density at radius 1 is 1.30 bits per heavy atom. The van der Waals surface area contributed by atoms with Crippen LogP contribution in [0.5, 0.6) is 5.75 Å². The molecule has 1 N–H and O–H groups in total. The second kappa shape index (κ2) is 7.13. The molecule has 0 saturated carbocycles. The average molecular weight is 274 g/mol. The van der Waals surface area contributed by atoms with Gasteiger partial charge >= 0.3 is 5.97 Å². The van der Waals surface area contributed by atoms with E-state index < -0.39 is 0 Å². The molecule has 20 heavy (non-hydrogen) atoms. The van der Waals surface area contributed by atoms with Crippen molar-refractivity contribution in [2.45, 2.75) is 45.4 Å². The first kappa shape index (κ1) is 14.6. The molecule has 0 aliphatic heterocycles. The molecule has 0 atom stereocenters. The Balaban J connectivity index is 2.03. The van der Waals surface area contributed by atoms with Gasteiger partial charge in [-0.25, -0.2) is 4.79 Å². The summed E-state index contributed by atoms with van der Waals surface area (Å²) in [4.78, 5) is 11.5. The van der Waals surface area contributed by atoms with E-state index in [-0.39, 0.29) is 11.7 Å². The minimum Gasteiger partial charge on any atom is -0.507 e. The zero-order valence-corrected chi connectivity index (χ0v) is 12.0. The van der Waals surface area contributed by atoms with Crippen LogP contribution in [0.3, 0.4) is 0 Å². The zero-order chi connectivity index (χ0) is 14.4. The number of ether oxygens (including phenoxy) is 1. The fourth-order valence-corrected chi connectivity index (χ4v) is 2.45. The number of hydrogen-bond acceptors (Lipinski definition) is 3. The number of phenols is 1. The quantitative estimate of drug-likeness (QED) is 0.506. The van der Waals surface area contributed by atoms with Gasteiger partial charge in [0.2, 0.25) is 0 Å². The molecule has 0 fully saturated rings. The van der Waals surface area contributed by atoms with E-state index in [9.17, 15) is 9.90 Å². The van der Waals surface area contributed by atoms with Crippen LogP contribution in [-0.2, 0) is 22.4 Å². The summed E-state index contributed by atoms with van der Waals surface area (Å²) in [6.45, 7) is 2.50. The van der Waals surface area contributed by atoms with Crippen LogP contribution in [0.2, 0.25) is 0 Å². The number of carbonyl (C=O) groups is 1. The van der Waals surface area contributed by atoms with Gasteiger partial charge in [0.15, 0.2) is 0 Å². The van der Waals surface area contributed by atoms with Gasteiger partial charge in [0.1, 0.15) is 5.75 Å². The van der Waals surface area contributed by atoms with E-state index in [1.165, 1.54) is 30.0 Å². The summed E-state index contributed by atoms with van der Waals surface area (Å²) in [5, 5.41) is 9.99. The summed E-state index contributed by atoms with van der Waals surface area (Å²) in [5.74, 6) is -0.112. The van der Waals surface area contributed by atoms with Gasteiger partial charge in [-0.15, -0.1) is 0 Å². The van der Waals surface area contributed by atoms with E-state index in [2.05, 4.69) is 6.92 Å². The Morgan fingerprint density at radius 3 is 2.70 bits per heavy atom. The predicted octanol–water partition coefficient (Wildman–Crippen LogP) is 3.63. The molecule has 1 aromatic carbocycles. The van der Waals surface area contributed by atoms with E-state index in [0.717, 1.165) is 25.7 Å². The minimum absolute atomic E-state index is 0.239. The summed E-state index contributed by atoms with van der Waals surface area (Å²) in [6.07, 6.45) is 9.37. The predicted molar refractivity (Wildman–Crippen MR) is 79.6 cm³/mol. The highest BCUT2D eigenvalue weighted by Crippen LogP contribution is 2.29. The van der Waals surface area contributed by atoms with Gasteiger partial charge < -0.3 is 9.84 Å².